The lowest BCUT2D eigenvalue weighted by Crippen LogP contribution is -2.75. The molecule has 6 nitrogen and oxygen atoms in total. The minimum atomic E-state index is -0.557. The second-order valence-electron chi connectivity index (χ2n) is 10.8. The SMILES string of the molecule is COc1cccc(OC)c1CCC(=O)OC1C(O)C2CC(C)CC34C2CCCN3CCCC14. The lowest BCUT2D eigenvalue weighted by atomic mass is 9.47. The molecule has 7 atom stereocenters. The molecule has 0 radical (unpaired) electrons. The van der Waals surface area contributed by atoms with Crippen molar-refractivity contribution in [2.75, 3.05) is 27.3 Å². The lowest BCUT2D eigenvalue weighted by molar-refractivity contribution is -0.243. The third-order valence-corrected chi connectivity index (χ3v) is 9.17. The summed E-state index contributed by atoms with van der Waals surface area (Å²) in [6.07, 6.45) is 6.59. The summed E-state index contributed by atoms with van der Waals surface area (Å²) >= 11 is 0. The zero-order valence-electron chi connectivity index (χ0n) is 20.3. The van der Waals surface area contributed by atoms with Gasteiger partial charge in [-0.1, -0.05) is 13.0 Å². The molecule has 5 rings (SSSR count). The van der Waals surface area contributed by atoms with Crippen molar-refractivity contribution in [3.05, 3.63) is 23.8 Å². The molecule has 1 aromatic rings. The second kappa shape index (κ2) is 9.10. The Morgan fingerprint density at radius 1 is 1.12 bits per heavy atom. The normalized spacial score (nSPS) is 37.7. The molecule has 2 heterocycles. The summed E-state index contributed by atoms with van der Waals surface area (Å²) < 4.78 is 17.1. The summed E-state index contributed by atoms with van der Waals surface area (Å²) in [5.41, 5.74) is 0.985. The molecule has 0 aromatic heterocycles. The molecule has 33 heavy (non-hydrogen) atoms. The highest BCUT2D eigenvalue weighted by molar-refractivity contribution is 5.70. The van der Waals surface area contributed by atoms with Crippen LogP contribution in [0.4, 0.5) is 0 Å². The molecule has 2 saturated carbocycles. The Bertz CT molecular complexity index is 850. The van der Waals surface area contributed by atoms with Crippen LogP contribution >= 0.6 is 0 Å². The Labute approximate surface area is 197 Å². The number of nitrogens with zero attached hydrogens (tertiary/aromatic N) is 1. The average molecular weight is 458 g/mol. The third-order valence-electron chi connectivity index (χ3n) is 9.17. The standard InChI is InChI=1S/C27H39NO5/c1-17-15-19-20-7-5-13-28-14-6-8-21(27(20,28)16-17)26(25(19)30)33-24(29)12-11-18-22(31-2)9-4-10-23(18)32-3/h4,9-10,17,19-21,25-26,30H,5-8,11-16H2,1-3H3. The quantitative estimate of drug-likeness (QED) is 0.655. The van der Waals surface area contributed by atoms with Crippen LogP contribution in [0.1, 0.15) is 57.4 Å². The number of ether oxygens (including phenoxy) is 3. The number of methoxy groups -OCH3 is 2. The molecular formula is C27H39NO5. The number of piperidine rings is 2. The van der Waals surface area contributed by atoms with E-state index >= 15 is 0 Å². The van der Waals surface area contributed by atoms with Gasteiger partial charge in [0.1, 0.15) is 17.6 Å². The van der Waals surface area contributed by atoms with Gasteiger partial charge in [-0.15, -0.1) is 0 Å². The first-order valence-electron chi connectivity index (χ1n) is 12.8. The van der Waals surface area contributed by atoms with Gasteiger partial charge in [-0.3, -0.25) is 9.69 Å². The average Bonchev–Trinajstić information content (AvgIpc) is 2.82. The third kappa shape index (κ3) is 3.74. The fraction of sp³-hybridized carbons (Fsp3) is 0.741. The van der Waals surface area contributed by atoms with E-state index in [1.54, 1.807) is 14.2 Å². The van der Waals surface area contributed by atoms with Crippen LogP contribution in [0.2, 0.25) is 0 Å². The highest BCUT2D eigenvalue weighted by atomic mass is 16.6. The van der Waals surface area contributed by atoms with E-state index in [-0.39, 0.29) is 29.8 Å². The molecule has 2 aliphatic carbocycles. The van der Waals surface area contributed by atoms with Gasteiger partial charge in [-0.05, 0) is 87.9 Å². The van der Waals surface area contributed by atoms with Crippen LogP contribution in [-0.2, 0) is 16.0 Å². The maximum Gasteiger partial charge on any atom is 0.306 e. The molecule has 2 aliphatic heterocycles. The van der Waals surface area contributed by atoms with Gasteiger partial charge < -0.3 is 19.3 Å². The Morgan fingerprint density at radius 3 is 2.45 bits per heavy atom. The van der Waals surface area contributed by atoms with Crippen molar-refractivity contribution in [1.29, 1.82) is 0 Å². The first-order valence-corrected chi connectivity index (χ1v) is 12.8. The van der Waals surface area contributed by atoms with Crippen molar-refractivity contribution < 1.29 is 24.1 Å². The molecule has 1 aromatic carbocycles. The summed E-state index contributed by atoms with van der Waals surface area (Å²) in [5, 5.41) is 11.5. The number of esters is 1. The number of hydrogen-bond donors (Lipinski definition) is 1. The van der Waals surface area contributed by atoms with E-state index in [4.69, 9.17) is 14.2 Å². The number of carbonyl (C=O) groups is 1. The van der Waals surface area contributed by atoms with Crippen LogP contribution in [0.3, 0.4) is 0 Å². The summed E-state index contributed by atoms with van der Waals surface area (Å²) in [6.45, 7) is 4.64. The second-order valence-corrected chi connectivity index (χ2v) is 10.8. The van der Waals surface area contributed by atoms with E-state index in [9.17, 15) is 9.90 Å². The topological polar surface area (TPSA) is 68.2 Å². The molecule has 7 unspecified atom stereocenters. The van der Waals surface area contributed by atoms with Crippen molar-refractivity contribution >= 4 is 5.97 Å². The van der Waals surface area contributed by atoms with Gasteiger partial charge >= 0.3 is 5.97 Å². The Morgan fingerprint density at radius 2 is 1.79 bits per heavy atom. The smallest absolute Gasteiger partial charge is 0.306 e. The van der Waals surface area contributed by atoms with Gasteiger partial charge in [-0.2, -0.15) is 0 Å². The van der Waals surface area contributed by atoms with Gasteiger partial charge in [0.05, 0.1) is 20.3 Å². The van der Waals surface area contributed by atoms with Crippen molar-refractivity contribution in [2.45, 2.75) is 76.0 Å². The van der Waals surface area contributed by atoms with Crippen molar-refractivity contribution in [2.24, 2.45) is 23.7 Å². The molecule has 6 heteroatoms. The van der Waals surface area contributed by atoms with Crippen LogP contribution < -0.4 is 9.47 Å². The highest BCUT2D eigenvalue weighted by Gasteiger charge is 2.65. The molecule has 0 amide bonds. The number of hydrogen-bond acceptors (Lipinski definition) is 6. The monoisotopic (exact) mass is 457 g/mol. The summed E-state index contributed by atoms with van der Waals surface area (Å²) in [6, 6.07) is 5.65. The zero-order valence-corrected chi connectivity index (χ0v) is 20.3. The predicted molar refractivity (Wildman–Crippen MR) is 125 cm³/mol. The van der Waals surface area contributed by atoms with E-state index in [1.165, 1.54) is 19.3 Å². The van der Waals surface area contributed by atoms with Crippen LogP contribution in [0.15, 0.2) is 18.2 Å². The first-order chi connectivity index (χ1) is 16.0. The first kappa shape index (κ1) is 23.0. The van der Waals surface area contributed by atoms with Gasteiger partial charge in [0.2, 0.25) is 0 Å². The number of carbonyl (C=O) groups excluding carboxylic acids is 1. The van der Waals surface area contributed by atoms with Crippen LogP contribution in [-0.4, -0.2) is 61.0 Å². The van der Waals surface area contributed by atoms with Crippen LogP contribution in [0.5, 0.6) is 11.5 Å². The van der Waals surface area contributed by atoms with E-state index in [2.05, 4.69) is 11.8 Å². The number of aliphatic hydroxyl groups is 1. The predicted octanol–water partition coefficient (Wildman–Crippen LogP) is 3.83. The summed E-state index contributed by atoms with van der Waals surface area (Å²) in [7, 11) is 3.26. The highest BCUT2D eigenvalue weighted by Crippen LogP contribution is 2.61. The Hall–Kier alpha value is -1.79. The molecule has 1 N–H and O–H groups in total. The minimum Gasteiger partial charge on any atom is -0.496 e. The van der Waals surface area contributed by atoms with Gasteiger partial charge in [0.15, 0.2) is 0 Å². The molecule has 4 fully saturated rings. The fourth-order valence-electron chi connectivity index (χ4n) is 8.13. The van der Waals surface area contributed by atoms with E-state index in [1.807, 2.05) is 18.2 Å². The fourth-order valence-corrected chi connectivity index (χ4v) is 8.13. The molecule has 4 aliphatic rings. The van der Waals surface area contributed by atoms with E-state index in [0.29, 0.717) is 18.3 Å². The number of benzene rings is 1. The van der Waals surface area contributed by atoms with Gasteiger partial charge in [0.25, 0.3) is 0 Å². The maximum absolute atomic E-state index is 13.1. The molecule has 2 bridgehead atoms. The number of rotatable bonds is 6. The lowest BCUT2D eigenvalue weighted by Gasteiger charge is -2.68. The summed E-state index contributed by atoms with van der Waals surface area (Å²) in [5.74, 6) is 2.81. The molecule has 182 valence electrons. The molecule has 1 spiro atoms. The van der Waals surface area contributed by atoms with Gasteiger partial charge in [0, 0.05) is 23.4 Å². The van der Waals surface area contributed by atoms with Crippen molar-refractivity contribution in [3.8, 4) is 11.5 Å². The van der Waals surface area contributed by atoms with E-state index < -0.39 is 12.2 Å². The van der Waals surface area contributed by atoms with Gasteiger partial charge in [-0.25, -0.2) is 0 Å². The van der Waals surface area contributed by atoms with Crippen LogP contribution in [0.25, 0.3) is 0 Å². The Kier molecular flexibility index (Phi) is 6.34. The molecular weight excluding hydrogens is 418 g/mol. The maximum atomic E-state index is 13.1. The van der Waals surface area contributed by atoms with Crippen LogP contribution in [0, 0.1) is 23.7 Å². The minimum absolute atomic E-state index is 0.106. The van der Waals surface area contributed by atoms with Crippen molar-refractivity contribution in [1.82, 2.24) is 4.90 Å². The van der Waals surface area contributed by atoms with E-state index in [0.717, 1.165) is 49.4 Å². The molecule has 2 saturated heterocycles. The number of aliphatic hydroxyl groups excluding tert-OH is 1. The zero-order chi connectivity index (χ0) is 23.2. The Balaban J connectivity index is 1.35. The van der Waals surface area contributed by atoms with Crippen molar-refractivity contribution in [3.63, 3.8) is 0 Å². The largest absolute Gasteiger partial charge is 0.496 e. The summed E-state index contributed by atoms with van der Waals surface area (Å²) in [4.78, 5) is 15.8.